The van der Waals surface area contributed by atoms with Gasteiger partial charge in [-0.25, -0.2) is 4.98 Å². The number of amides is 1. The molecule has 0 bridgehead atoms. The molecule has 5 rings (SSSR count). The van der Waals surface area contributed by atoms with Crippen LogP contribution >= 0.6 is 0 Å². The molecule has 8 heteroatoms. The molecule has 1 atom stereocenters. The third-order valence-corrected chi connectivity index (χ3v) is 6.43. The number of rotatable bonds is 9. The molecule has 4 aromatic rings. The number of benzene rings is 3. The van der Waals surface area contributed by atoms with Crippen LogP contribution < -0.4 is 9.47 Å². The molecule has 0 aliphatic carbocycles. The first-order chi connectivity index (χ1) is 18.5. The molecular formula is C30H27N3O5. The highest BCUT2D eigenvalue weighted by Crippen LogP contribution is 2.41. The zero-order chi connectivity index (χ0) is 26.5. The van der Waals surface area contributed by atoms with E-state index < -0.39 is 17.7 Å². The predicted molar refractivity (Wildman–Crippen MR) is 142 cm³/mol. The first-order valence-corrected chi connectivity index (χ1v) is 12.3. The molecule has 1 amide bonds. The number of Topliss-reactive ketones (excluding diaryl/α,β-unsaturated/α-hetero) is 1. The highest BCUT2D eigenvalue weighted by atomic mass is 16.5. The number of likely N-dealkylation sites (tertiary alicyclic amines) is 1. The number of carbonyl (C=O) groups is 2. The van der Waals surface area contributed by atoms with Crippen molar-refractivity contribution >= 4 is 17.4 Å². The van der Waals surface area contributed by atoms with Gasteiger partial charge in [-0.2, -0.15) is 0 Å². The molecule has 1 N–H and O–H groups in total. The summed E-state index contributed by atoms with van der Waals surface area (Å²) in [6, 6.07) is 22.5. The van der Waals surface area contributed by atoms with Gasteiger partial charge in [0.1, 0.15) is 23.0 Å². The molecular weight excluding hydrogens is 482 g/mol. The molecule has 1 aliphatic heterocycles. The molecule has 0 saturated carbocycles. The van der Waals surface area contributed by atoms with Crippen LogP contribution in [0.1, 0.15) is 23.6 Å². The predicted octanol–water partition coefficient (Wildman–Crippen LogP) is 5.20. The molecule has 3 aromatic carbocycles. The maximum absolute atomic E-state index is 13.3. The number of carbonyl (C=O) groups excluding carboxylic acids is 2. The SMILES string of the molecule is COc1ccc(/C(O)=C2\C(=O)C(=O)N(CCCn3ccnc3)[C@@H]2c2cccc(Oc3ccccc3)c2)cc1. The largest absolute Gasteiger partial charge is 0.507 e. The number of aliphatic hydroxyl groups excluding tert-OH is 1. The second kappa shape index (κ2) is 11.0. The first kappa shape index (κ1) is 24.8. The van der Waals surface area contributed by atoms with Gasteiger partial charge in [-0.05, 0) is 60.5 Å². The van der Waals surface area contributed by atoms with Crippen LogP contribution in [0, 0.1) is 0 Å². The summed E-state index contributed by atoms with van der Waals surface area (Å²) in [4.78, 5) is 32.2. The third kappa shape index (κ3) is 5.15. The lowest BCUT2D eigenvalue weighted by Crippen LogP contribution is -2.31. The summed E-state index contributed by atoms with van der Waals surface area (Å²) in [5, 5.41) is 11.3. The molecule has 1 saturated heterocycles. The summed E-state index contributed by atoms with van der Waals surface area (Å²) in [7, 11) is 1.55. The van der Waals surface area contributed by atoms with Crippen molar-refractivity contribution in [2.45, 2.75) is 19.0 Å². The number of ether oxygens (including phenoxy) is 2. The number of imidazole rings is 1. The van der Waals surface area contributed by atoms with E-state index >= 15 is 0 Å². The fourth-order valence-electron chi connectivity index (χ4n) is 4.58. The Kier molecular flexibility index (Phi) is 7.21. The van der Waals surface area contributed by atoms with E-state index in [4.69, 9.17) is 9.47 Å². The van der Waals surface area contributed by atoms with Crippen LogP contribution in [0.4, 0.5) is 0 Å². The Hall–Kier alpha value is -4.85. The average Bonchev–Trinajstić information content (AvgIpc) is 3.56. The molecule has 0 unspecified atom stereocenters. The van der Waals surface area contributed by atoms with Gasteiger partial charge in [0, 0.05) is 31.0 Å². The molecule has 192 valence electrons. The first-order valence-electron chi connectivity index (χ1n) is 12.3. The molecule has 0 radical (unpaired) electrons. The Morgan fingerprint density at radius 3 is 2.39 bits per heavy atom. The summed E-state index contributed by atoms with van der Waals surface area (Å²) in [5.74, 6) is 0.233. The zero-order valence-electron chi connectivity index (χ0n) is 20.9. The van der Waals surface area contributed by atoms with Gasteiger partial charge in [0.2, 0.25) is 0 Å². The maximum Gasteiger partial charge on any atom is 0.295 e. The number of aryl methyl sites for hydroxylation is 1. The maximum atomic E-state index is 13.3. The number of methoxy groups -OCH3 is 1. The second-order valence-electron chi connectivity index (χ2n) is 8.86. The van der Waals surface area contributed by atoms with Crippen molar-refractivity contribution in [2.24, 2.45) is 0 Å². The van der Waals surface area contributed by atoms with Crippen molar-refractivity contribution in [1.82, 2.24) is 14.5 Å². The number of hydrogen-bond acceptors (Lipinski definition) is 6. The fraction of sp³-hybridized carbons (Fsp3) is 0.167. The smallest absolute Gasteiger partial charge is 0.295 e. The summed E-state index contributed by atoms with van der Waals surface area (Å²) >= 11 is 0. The molecule has 1 aromatic heterocycles. The lowest BCUT2D eigenvalue weighted by atomic mass is 9.95. The second-order valence-corrected chi connectivity index (χ2v) is 8.86. The summed E-state index contributed by atoms with van der Waals surface area (Å²) in [6.45, 7) is 0.946. The number of nitrogens with zero attached hydrogens (tertiary/aromatic N) is 3. The molecule has 2 heterocycles. The van der Waals surface area contributed by atoms with Gasteiger partial charge in [0.15, 0.2) is 0 Å². The van der Waals surface area contributed by atoms with Crippen molar-refractivity contribution in [3.8, 4) is 17.2 Å². The van der Waals surface area contributed by atoms with E-state index in [1.807, 2.05) is 59.3 Å². The topological polar surface area (TPSA) is 93.9 Å². The summed E-state index contributed by atoms with van der Waals surface area (Å²) in [6.07, 6.45) is 5.85. The number of aliphatic hydroxyl groups is 1. The van der Waals surface area contributed by atoms with Gasteiger partial charge < -0.3 is 24.0 Å². The van der Waals surface area contributed by atoms with E-state index in [0.29, 0.717) is 47.9 Å². The molecule has 8 nitrogen and oxygen atoms in total. The minimum Gasteiger partial charge on any atom is -0.507 e. The van der Waals surface area contributed by atoms with Gasteiger partial charge in [-0.3, -0.25) is 9.59 Å². The zero-order valence-corrected chi connectivity index (χ0v) is 20.9. The van der Waals surface area contributed by atoms with Crippen molar-refractivity contribution in [3.63, 3.8) is 0 Å². The number of aromatic nitrogens is 2. The summed E-state index contributed by atoms with van der Waals surface area (Å²) in [5.41, 5.74) is 1.12. The van der Waals surface area contributed by atoms with E-state index in [1.54, 1.807) is 50.0 Å². The van der Waals surface area contributed by atoms with E-state index in [9.17, 15) is 14.7 Å². The van der Waals surface area contributed by atoms with Crippen molar-refractivity contribution in [2.75, 3.05) is 13.7 Å². The van der Waals surface area contributed by atoms with Gasteiger partial charge >= 0.3 is 0 Å². The third-order valence-electron chi connectivity index (χ3n) is 6.43. The van der Waals surface area contributed by atoms with Crippen LogP contribution in [0.2, 0.25) is 0 Å². The quantitative estimate of drug-likeness (QED) is 0.189. The fourth-order valence-corrected chi connectivity index (χ4v) is 4.58. The van der Waals surface area contributed by atoms with Crippen molar-refractivity contribution in [1.29, 1.82) is 0 Å². The van der Waals surface area contributed by atoms with E-state index in [1.165, 1.54) is 4.90 Å². The lowest BCUT2D eigenvalue weighted by Gasteiger charge is -2.26. The Labute approximate surface area is 220 Å². The Balaban J connectivity index is 1.53. The Bertz CT molecular complexity index is 1450. The van der Waals surface area contributed by atoms with Crippen LogP contribution in [0.25, 0.3) is 5.76 Å². The van der Waals surface area contributed by atoms with Crippen LogP contribution in [0.5, 0.6) is 17.2 Å². The Morgan fingerprint density at radius 1 is 0.921 bits per heavy atom. The van der Waals surface area contributed by atoms with Crippen molar-refractivity contribution in [3.05, 3.63) is 114 Å². The highest BCUT2D eigenvalue weighted by Gasteiger charge is 2.45. The number of para-hydroxylation sites is 1. The minimum atomic E-state index is -0.779. The summed E-state index contributed by atoms with van der Waals surface area (Å²) < 4.78 is 13.1. The van der Waals surface area contributed by atoms with E-state index in [2.05, 4.69) is 4.98 Å². The van der Waals surface area contributed by atoms with Crippen LogP contribution in [-0.2, 0) is 16.1 Å². The lowest BCUT2D eigenvalue weighted by molar-refractivity contribution is -0.139. The molecule has 38 heavy (non-hydrogen) atoms. The number of hydrogen-bond donors (Lipinski definition) is 1. The molecule has 0 spiro atoms. The molecule has 1 aliphatic rings. The van der Waals surface area contributed by atoms with Crippen molar-refractivity contribution < 1.29 is 24.2 Å². The van der Waals surface area contributed by atoms with E-state index in [0.717, 1.165) is 0 Å². The Morgan fingerprint density at radius 2 is 1.68 bits per heavy atom. The van der Waals surface area contributed by atoms with E-state index in [-0.39, 0.29) is 11.3 Å². The van der Waals surface area contributed by atoms with Gasteiger partial charge in [-0.1, -0.05) is 30.3 Å². The number of ketones is 1. The van der Waals surface area contributed by atoms with Crippen LogP contribution in [0.3, 0.4) is 0 Å². The minimum absolute atomic E-state index is 0.0414. The van der Waals surface area contributed by atoms with Crippen LogP contribution in [0.15, 0.2) is 103 Å². The highest BCUT2D eigenvalue weighted by molar-refractivity contribution is 6.46. The van der Waals surface area contributed by atoms with Gasteiger partial charge in [0.25, 0.3) is 11.7 Å². The monoisotopic (exact) mass is 509 g/mol. The van der Waals surface area contributed by atoms with Gasteiger partial charge in [0.05, 0.1) is 25.1 Å². The standard InChI is InChI=1S/C30H27N3O5/c1-37-23-13-11-21(12-14-23)28(34)26-27(22-7-5-10-25(19-22)38-24-8-3-2-4-9-24)33(30(36)29(26)35)17-6-16-32-18-15-31-20-32/h2-5,7-15,18-20,27,34H,6,16-17H2,1H3/b28-26+/t27-/m1/s1. The average molecular weight is 510 g/mol. The normalized spacial score (nSPS) is 16.6. The molecule has 1 fully saturated rings. The van der Waals surface area contributed by atoms with Crippen LogP contribution in [-0.4, -0.2) is 44.9 Å². The van der Waals surface area contributed by atoms with Gasteiger partial charge in [-0.15, -0.1) is 0 Å².